The summed E-state index contributed by atoms with van der Waals surface area (Å²) in [6, 6.07) is 9.67. The largest absolute Gasteiger partial charge is 0.326 e. The molecule has 5 heteroatoms. The van der Waals surface area contributed by atoms with Crippen LogP contribution in [0.2, 0.25) is 0 Å². The second kappa shape index (κ2) is 6.18. The number of rotatable bonds is 4. The van der Waals surface area contributed by atoms with Crippen molar-refractivity contribution >= 4 is 34.2 Å². The van der Waals surface area contributed by atoms with Gasteiger partial charge in [0.15, 0.2) is 0 Å². The standard InChI is InChI=1S/C14H16IN3O/c1-9(2)8-11-12(15)13(19)18-14(17-11)16-10-6-4-3-5-7-10/h3-7,9H,8H2,1-2H3,(H2,16,17,18,19). The normalized spacial score (nSPS) is 10.7. The van der Waals surface area contributed by atoms with E-state index in [2.05, 4.69) is 51.7 Å². The quantitative estimate of drug-likeness (QED) is 0.813. The van der Waals surface area contributed by atoms with Crippen LogP contribution in [0.15, 0.2) is 35.1 Å². The highest BCUT2D eigenvalue weighted by molar-refractivity contribution is 14.1. The summed E-state index contributed by atoms with van der Waals surface area (Å²) >= 11 is 2.05. The van der Waals surface area contributed by atoms with Crippen molar-refractivity contribution < 1.29 is 0 Å². The summed E-state index contributed by atoms with van der Waals surface area (Å²) in [6.07, 6.45) is 0.797. The minimum absolute atomic E-state index is 0.0929. The molecule has 0 fully saturated rings. The highest BCUT2D eigenvalue weighted by Gasteiger charge is 2.10. The first-order chi connectivity index (χ1) is 9.06. The lowest BCUT2D eigenvalue weighted by Gasteiger charge is -2.10. The maximum absolute atomic E-state index is 11.9. The topological polar surface area (TPSA) is 57.8 Å². The molecule has 0 aliphatic carbocycles. The first kappa shape index (κ1) is 14.0. The lowest BCUT2D eigenvalue weighted by molar-refractivity contribution is 0.631. The van der Waals surface area contributed by atoms with Gasteiger partial charge in [-0.15, -0.1) is 0 Å². The number of halogens is 1. The summed E-state index contributed by atoms with van der Waals surface area (Å²) in [5.74, 6) is 0.958. The van der Waals surface area contributed by atoms with Crippen LogP contribution in [-0.2, 0) is 6.42 Å². The zero-order valence-corrected chi connectivity index (χ0v) is 13.1. The Morgan fingerprint density at radius 1 is 1.32 bits per heavy atom. The molecule has 0 amide bonds. The number of H-pyrrole nitrogens is 1. The molecule has 1 aromatic heterocycles. The first-order valence-electron chi connectivity index (χ1n) is 6.17. The lowest BCUT2D eigenvalue weighted by atomic mass is 10.1. The van der Waals surface area contributed by atoms with Crippen LogP contribution in [0.1, 0.15) is 19.5 Å². The van der Waals surface area contributed by atoms with Crippen LogP contribution in [-0.4, -0.2) is 9.97 Å². The molecular weight excluding hydrogens is 353 g/mol. The Labute approximate surface area is 125 Å². The van der Waals surface area contributed by atoms with Gasteiger partial charge >= 0.3 is 0 Å². The zero-order chi connectivity index (χ0) is 13.8. The number of para-hydroxylation sites is 1. The van der Waals surface area contributed by atoms with Crippen LogP contribution in [0.4, 0.5) is 11.6 Å². The molecule has 100 valence electrons. The van der Waals surface area contributed by atoms with Gasteiger partial charge in [0.2, 0.25) is 5.95 Å². The number of aromatic amines is 1. The van der Waals surface area contributed by atoms with Gasteiger partial charge in [-0.3, -0.25) is 9.78 Å². The van der Waals surface area contributed by atoms with Crippen molar-refractivity contribution in [1.82, 2.24) is 9.97 Å². The van der Waals surface area contributed by atoms with Gasteiger partial charge in [-0.1, -0.05) is 32.0 Å². The van der Waals surface area contributed by atoms with E-state index in [4.69, 9.17) is 0 Å². The molecule has 0 unspecified atom stereocenters. The number of hydrogen-bond donors (Lipinski definition) is 2. The number of hydrogen-bond acceptors (Lipinski definition) is 3. The summed E-state index contributed by atoms with van der Waals surface area (Å²) in [5.41, 5.74) is 1.66. The molecule has 0 bridgehead atoms. The summed E-state index contributed by atoms with van der Waals surface area (Å²) < 4.78 is 0.671. The molecule has 0 saturated heterocycles. The molecule has 2 rings (SSSR count). The van der Waals surface area contributed by atoms with E-state index in [0.717, 1.165) is 17.8 Å². The Hall–Kier alpha value is -1.37. The van der Waals surface area contributed by atoms with Crippen LogP contribution < -0.4 is 10.9 Å². The average Bonchev–Trinajstić information content (AvgIpc) is 2.36. The Balaban J connectivity index is 2.32. The van der Waals surface area contributed by atoms with Gasteiger partial charge in [0, 0.05) is 5.69 Å². The van der Waals surface area contributed by atoms with Gasteiger partial charge in [0.1, 0.15) is 0 Å². The van der Waals surface area contributed by atoms with Crippen molar-refractivity contribution in [3.05, 3.63) is 49.9 Å². The van der Waals surface area contributed by atoms with Gasteiger partial charge < -0.3 is 5.32 Å². The Bertz CT molecular complexity index is 608. The van der Waals surface area contributed by atoms with E-state index in [9.17, 15) is 4.79 Å². The van der Waals surface area contributed by atoms with Gasteiger partial charge in [0.05, 0.1) is 9.26 Å². The van der Waals surface area contributed by atoms with Gasteiger partial charge in [0.25, 0.3) is 5.56 Å². The Kier molecular flexibility index (Phi) is 4.57. The first-order valence-corrected chi connectivity index (χ1v) is 7.25. The minimum Gasteiger partial charge on any atom is -0.326 e. The summed E-state index contributed by atoms with van der Waals surface area (Å²) in [6.45, 7) is 4.23. The number of benzene rings is 1. The Morgan fingerprint density at radius 2 is 2.00 bits per heavy atom. The predicted octanol–water partition coefficient (Wildman–Crippen LogP) is 3.32. The molecule has 0 atom stereocenters. The van der Waals surface area contributed by atoms with Crippen molar-refractivity contribution in [2.45, 2.75) is 20.3 Å². The molecule has 19 heavy (non-hydrogen) atoms. The fraction of sp³-hybridized carbons (Fsp3) is 0.286. The molecule has 0 radical (unpaired) electrons. The van der Waals surface area contributed by atoms with Crippen LogP contribution in [0.25, 0.3) is 0 Å². The van der Waals surface area contributed by atoms with Gasteiger partial charge in [-0.25, -0.2) is 4.98 Å². The third-order valence-corrected chi connectivity index (χ3v) is 3.68. The van der Waals surface area contributed by atoms with E-state index in [-0.39, 0.29) is 5.56 Å². The fourth-order valence-electron chi connectivity index (χ4n) is 1.74. The molecule has 0 aliphatic rings. The van der Waals surface area contributed by atoms with E-state index in [1.54, 1.807) is 0 Å². The molecule has 0 aliphatic heterocycles. The van der Waals surface area contributed by atoms with Crippen molar-refractivity contribution in [1.29, 1.82) is 0 Å². The molecule has 2 N–H and O–H groups in total. The number of nitrogens with zero attached hydrogens (tertiary/aromatic N) is 1. The second-order valence-electron chi connectivity index (χ2n) is 4.76. The zero-order valence-electron chi connectivity index (χ0n) is 10.9. The predicted molar refractivity (Wildman–Crippen MR) is 85.8 cm³/mol. The van der Waals surface area contributed by atoms with Crippen molar-refractivity contribution in [3.63, 3.8) is 0 Å². The summed E-state index contributed by atoms with van der Waals surface area (Å²) in [7, 11) is 0. The number of anilines is 2. The molecule has 2 aromatic rings. The van der Waals surface area contributed by atoms with Crippen molar-refractivity contribution in [2.75, 3.05) is 5.32 Å². The van der Waals surface area contributed by atoms with E-state index in [0.29, 0.717) is 15.4 Å². The Morgan fingerprint density at radius 3 is 2.63 bits per heavy atom. The molecular formula is C14H16IN3O. The highest BCUT2D eigenvalue weighted by atomic mass is 127. The fourth-order valence-corrected chi connectivity index (χ4v) is 2.22. The molecule has 0 saturated carbocycles. The van der Waals surface area contributed by atoms with Gasteiger partial charge in [-0.2, -0.15) is 0 Å². The summed E-state index contributed by atoms with van der Waals surface area (Å²) in [4.78, 5) is 19.1. The van der Waals surface area contributed by atoms with Crippen LogP contribution in [0.3, 0.4) is 0 Å². The number of nitrogens with one attached hydrogen (secondary N) is 2. The van der Waals surface area contributed by atoms with Crippen LogP contribution in [0.5, 0.6) is 0 Å². The third-order valence-electron chi connectivity index (χ3n) is 2.57. The smallest absolute Gasteiger partial charge is 0.266 e. The van der Waals surface area contributed by atoms with E-state index < -0.39 is 0 Å². The highest BCUT2D eigenvalue weighted by Crippen LogP contribution is 2.15. The molecule has 4 nitrogen and oxygen atoms in total. The van der Waals surface area contributed by atoms with Crippen molar-refractivity contribution in [2.24, 2.45) is 5.92 Å². The molecule has 1 heterocycles. The summed E-state index contributed by atoms with van der Waals surface area (Å²) in [5, 5.41) is 3.12. The third kappa shape index (κ3) is 3.79. The molecule has 1 aromatic carbocycles. The van der Waals surface area contributed by atoms with Crippen LogP contribution in [0, 0.1) is 9.49 Å². The second-order valence-corrected chi connectivity index (χ2v) is 5.84. The van der Waals surface area contributed by atoms with Gasteiger partial charge in [-0.05, 0) is 47.1 Å². The SMILES string of the molecule is CC(C)Cc1nc(Nc2ccccc2)[nH]c(=O)c1I. The maximum Gasteiger partial charge on any atom is 0.266 e. The maximum atomic E-state index is 11.9. The van der Waals surface area contributed by atoms with E-state index in [1.165, 1.54) is 0 Å². The number of aromatic nitrogens is 2. The van der Waals surface area contributed by atoms with Crippen molar-refractivity contribution in [3.8, 4) is 0 Å². The van der Waals surface area contributed by atoms with E-state index >= 15 is 0 Å². The monoisotopic (exact) mass is 369 g/mol. The minimum atomic E-state index is -0.0929. The molecule has 0 spiro atoms. The van der Waals surface area contributed by atoms with Crippen LogP contribution >= 0.6 is 22.6 Å². The van der Waals surface area contributed by atoms with E-state index in [1.807, 2.05) is 30.3 Å². The lowest BCUT2D eigenvalue weighted by Crippen LogP contribution is -2.18. The average molecular weight is 369 g/mol.